The molecule has 6 nitrogen and oxygen atoms in total. The monoisotopic (exact) mass is 410 g/mol. The first kappa shape index (κ1) is 20.0. The standard InChI is InChI=1S/C26H14N6/c27-15-19(16-28)25-26(20(17-29)18-30)32(22-11-5-2-6-12-22)24-14-8-7-13-23(24)31(25)21-9-3-1-4-10-21/h1-14H. The van der Waals surface area contributed by atoms with Crippen LogP contribution in [-0.4, -0.2) is 0 Å². The van der Waals surface area contributed by atoms with Crippen molar-refractivity contribution in [3.63, 3.8) is 0 Å². The van der Waals surface area contributed by atoms with Gasteiger partial charge in [-0.1, -0.05) is 48.5 Å². The van der Waals surface area contributed by atoms with E-state index < -0.39 is 0 Å². The van der Waals surface area contributed by atoms with Gasteiger partial charge in [0.25, 0.3) is 0 Å². The minimum atomic E-state index is -0.206. The summed E-state index contributed by atoms with van der Waals surface area (Å²) < 4.78 is 0. The SMILES string of the molecule is N#CC(C#N)=C1C(=C(C#N)C#N)N(c2ccccc2)c2ccccc2N1c1ccccc1. The zero-order valence-electron chi connectivity index (χ0n) is 16.8. The topological polar surface area (TPSA) is 102 Å². The largest absolute Gasteiger partial charge is 0.304 e. The van der Waals surface area contributed by atoms with Crippen molar-refractivity contribution in [3.05, 3.63) is 107 Å². The summed E-state index contributed by atoms with van der Waals surface area (Å²) in [5.74, 6) is 0. The van der Waals surface area contributed by atoms with Crippen LogP contribution in [-0.2, 0) is 0 Å². The lowest BCUT2D eigenvalue weighted by atomic mass is 9.98. The summed E-state index contributed by atoms with van der Waals surface area (Å²) in [6.07, 6.45) is 0. The first-order chi connectivity index (χ1) is 15.7. The smallest absolute Gasteiger partial charge is 0.155 e. The Hall–Kier alpha value is -5.30. The summed E-state index contributed by atoms with van der Waals surface area (Å²) >= 11 is 0. The van der Waals surface area contributed by atoms with Gasteiger partial charge in [-0.15, -0.1) is 0 Å². The van der Waals surface area contributed by atoms with E-state index in [4.69, 9.17) is 0 Å². The van der Waals surface area contributed by atoms with E-state index in [-0.39, 0.29) is 22.5 Å². The summed E-state index contributed by atoms with van der Waals surface area (Å²) in [5.41, 5.74) is 2.75. The van der Waals surface area contributed by atoms with Crippen molar-refractivity contribution >= 4 is 22.7 Å². The third-order valence-electron chi connectivity index (χ3n) is 4.98. The number of anilines is 4. The molecule has 0 fully saturated rings. The molecule has 0 radical (unpaired) electrons. The molecule has 148 valence electrons. The number of nitriles is 4. The highest BCUT2D eigenvalue weighted by molar-refractivity contribution is 5.94. The Morgan fingerprint density at radius 1 is 0.469 bits per heavy atom. The van der Waals surface area contributed by atoms with E-state index in [0.29, 0.717) is 22.7 Å². The maximum absolute atomic E-state index is 9.83. The minimum absolute atomic E-state index is 0.182. The molecule has 0 aromatic heterocycles. The van der Waals surface area contributed by atoms with Gasteiger partial charge in [-0.2, -0.15) is 21.0 Å². The molecule has 0 atom stereocenters. The second-order valence-electron chi connectivity index (χ2n) is 6.73. The molecular weight excluding hydrogens is 396 g/mol. The molecule has 0 saturated heterocycles. The summed E-state index contributed by atoms with van der Waals surface area (Å²) in [6.45, 7) is 0. The lowest BCUT2D eigenvalue weighted by Gasteiger charge is -2.42. The first-order valence-corrected chi connectivity index (χ1v) is 9.63. The van der Waals surface area contributed by atoms with Gasteiger partial charge in [-0.3, -0.25) is 0 Å². The van der Waals surface area contributed by atoms with Crippen molar-refractivity contribution in [2.75, 3.05) is 9.80 Å². The number of para-hydroxylation sites is 4. The molecule has 0 saturated carbocycles. The fourth-order valence-corrected chi connectivity index (χ4v) is 3.71. The molecule has 3 aromatic rings. The molecule has 1 heterocycles. The Morgan fingerprint density at radius 2 is 0.781 bits per heavy atom. The summed E-state index contributed by atoms with van der Waals surface area (Å²) in [5, 5.41) is 39.3. The van der Waals surface area contributed by atoms with Crippen LogP contribution >= 0.6 is 0 Å². The van der Waals surface area contributed by atoms with E-state index in [0.717, 1.165) is 0 Å². The number of rotatable bonds is 2. The highest BCUT2D eigenvalue weighted by Gasteiger charge is 2.37. The normalized spacial score (nSPS) is 12.0. The minimum Gasteiger partial charge on any atom is -0.304 e. The Kier molecular flexibility index (Phi) is 5.37. The van der Waals surface area contributed by atoms with Crippen molar-refractivity contribution in [3.8, 4) is 24.3 Å². The second kappa shape index (κ2) is 8.60. The Labute approximate surface area is 185 Å². The highest BCUT2D eigenvalue weighted by atomic mass is 15.3. The van der Waals surface area contributed by atoms with E-state index in [2.05, 4.69) is 0 Å². The summed E-state index contributed by atoms with van der Waals surface area (Å²) in [4.78, 5) is 3.50. The van der Waals surface area contributed by atoms with Gasteiger partial charge in [0.15, 0.2) is 11.1 Å². The van der Waals surface area contributed by atoms with Gasteiger partial charge in [0.2, 0.25) is 0 Å². The van der Waals surface area contributed by atoms with E-state index in [1.54, 1.807) is 9.80 Å². The summed E-state index contributed by atoms with van der Waals surface area (Å²) in [6, 6.07) is 33.8. The maximum Gasteiger partial charge on any atom is 0.155 e. The van der Waals surface area contributed by atoms with Crippen molar-refractivity contribution in [2.24, 2.45) is 0 Å². The molecule has 1 aliphatic heterocycles. The molecule has 0 amide bonds. The van der Waals surface area contributed by atoms with Crippen LogP contribution in [0.15, 0.2) is 107 Å². The van der Waals surface area contributed by atoms with E-state index in [1.165, 1.54) is 0 Å². The third kappa shape index (κ3) is 3.21. The molecule has 32 heavy (non-hydrogen) atoms. The molecule has 0 N–H and O–H groups in total. The Balaban J connectivity index is 2.22. The van der Waals surface area contributed by atoms with Crippen LogP contribution < -0.4 is 9.80 Å². The van der Waals surface area contributed by atoms with Crippen LogP contribution in [0.25, 0.3) is 0 Å². The zero-order chi connectivity index (χ0) is 22.5. The van der Waals surface area contributed by atoms with Gasteiger partial charge < -0.3 is 9.80 Å². The predicted molar refractivity (Wildman–Crippen MR) is 120 cm³/mol. The van der Waals surface area contributed by atoms with Crippen molar-refractivity contribution in [1.82, 2.24) is 0 Å². The fraction of sp³-hybridized carbons (Fsp3) is 0. The molecule has 6 heteroatoms. The quantitative estimate of drug-likeness (QED) is 0.511. The molecule has 0 unspecified atom stereocenters. The van der Waals surface area contributed by atoms with Crippen LogP contribution in [0.4, 0.5) is 22.7 Å². The lowest BCUT2D eigenvalue weighted by molar-refractivity contribution is 1.02. The van der Waals surface area contributed by atoms with Crippen molar-refractivity contribution < 1.29 is 0 Å². The molecule has 0 aliphatic carbocycles. The van der Waals surface area contributed by atoms with Gasteiger partial charge in [-0.25, -0.2) is 0 Å². The summed E-state index contributed by atoms with van der Waals surface area (Å²) in [7, 11) is 0. The van der Waals surface area contributed by atoms with Gasteiger partial charge in [0.05, 0.1) is 11.4 Å². The van der Waals surface area contributed by atoms with E-state index in [1.807, 2.05) is 109 Å². The number of hydrogen-bond donors (Lipinski definition) is 0. The number of fused-ring (bicyclic) bond motifs is 1. The van der Waals surface area contributed by atoms with Crippen LogP contribution in [0.3, 0.4) is 0 Å². The van der Waals surface area contributed by atoms with E-state index in [9.17, 15) is 21.0 Å². The molecule has 4 rings (SSSR count). The number of nitrogens with zero attached hydrogens (tertiary/aromatic N) is 6. The highest BCUT2D eigenvalue weighted by Crippen LogP contribution is 2.50. The molecule has 1 aliphatic rings. The fourth-order valence-electron chi connectivity index (χ4n) is 3.71. The molecular formula is C26H14N6. The zero-order valence-corrected chi connectivity index (χ0v) is 16.8. The number of hydrogen-bond acceptors (Lipinski definition) is 6. The molecule has 0 spiro atoms. The van der Waals surface area contributed by atoms with Crippen molar-refractivity contribution in [1.29, 1.82) is 21.0 Å². The van der Waals surface area contributed by atoms with Gasteiger partial charge in [0.1, 0.15) is 35.7 Å². The Bertz CT molecular complexity index is 1260. The Morgan fingerprint density at radius 3 is 1.09 bits per heavy atom. The van der Waals surface area contributed by atoms with Crippen LogP contribution in [0.2, 0.25) is 0 Å². The average molecular weight is 410 g/mol. The first-order valence-electron chi connectivity index (χ1n) is 9.63. The number of benzene rings is 3. The van der Waals surface area contributed by atoms with Crippen LogP contribution in [0.5, 0.6) is 0 Å². The van der Waals surface area contributed by atoms with Gasteiger partial charge in [-0.05, 0) is 36.4 Å². The number of allylic oxidation sites excluding steroid dienone is 2. The second-order valence-corrected chi connectivity index (χ2v) is 6.73. The van der Waals surface area contributed by atoms with Gasteiger partial charge in [0, 0.05) is 11.4 Å². The predicted octanol–water partition coefficient (Wildman–Crippen LogP) is 5.58. The van der Waals surface area contributed by atoms with Gasteiger partial charge >= 0.3 is 0 Å². The average Bonchev–Trinajstić information content (AvgIpc) is 2.86. The maximum atomic E-state index is 9.83. The van der Waals surface area contributed by atoms with Crippen LogP contribution in [0, 0.1) is 45.3 Å². The lowest BCUT2D eigenvalue weighted by Crippen LogP contribution is -2.34. The van der Waals surface area contributed by atoms with Crippen molar-refractivity contribution in [2.45, 2.75) is 0 Å². The third-order valence-corrected chi connectivity index (χ3v) is 4.98. The van der Waals surface area contributed by atoms with Crippen LogP contribution in [0.1, 0.15) is 0 Å². The molecule has 0 bridgehead atoms. The molecule has 3 aromatic carbocycles. The van der Waals surface area contributed by atoms with E-state index >= 15 is 0 Å².